The van der Waals surface area contributed by atoms with E-state index >= 15 is 0 Å². The minimum absolute atomic E-state index is 0.162. The van der Waals surface area contributed by atoms with Crippen LogP contribution in [0.25, 0.3) is 17.4 Å². The Labute approximate surface area is 167 Å². The van der Waals surface area contributed by atoms with Crippen LogP contribution in [0.4, 0.5) is 5.69 Å². The second kappa shape index (κ2) is 9.02. The number of hydrogen-bond acceptors (Lipinski definition) is 4. The summed E-state index contributed by atoms with van der Waals surface area (Å²) in [4.78, 5) is 11.9. The standard InChI is InChI=1S/C20H16ClN3O2S/c21-15-8-6-14(7-9-15)18-12-10-17(26-18)11-13-19(25)22-20(27)24-23-16-4-2-1-3-5-16/h1-13,23H,(H2,22,24,25,27). The first-order chi connectivity index (χ1) is 13.1. The van der Waals surface area contributed by atoms with Crippen LogP contribution < -0.4 is 16.2 Å². The van der Waals surface area contributed by atoms with Gasteiger partial charge in [0.1, 0.15) is 11.5 Å². The number of thiocarbonyl (C=S) groups is 1. The molecule has 0 unspecified atom stereocenters. The lowest BCUT2D eigenvalue weighted by Crippen LogP contribution is -2.41. The zero-order valence-electron chi connectivity index (χ0n) is 14.1. The molecule has 0 radical (unpaired) electrons. The number of rotatable bonds is 5. The summed E-state index contributed by atoms with van der Waals surface area (Å²) in [6, 6.07) is 20.3. The molecule has 0 aliphatic heterocycles. The van der Waals surface area contributed by atoms with Gasteiger partial charge in [0.2, 0.25) is 5.91 Å². The number of amides is 1. The summed E-state index contributed by atoms with van der Waals surface area (Å²) in [5, 5.41) is 3.36. The van der Waals surface area contributed by atoms with Crippen molar-refractivity contribution in [2.75, 3.05) is 5.43 Å². The van der Waals surface area contributed by atoms with Crippen molar-refractivity contribution in [1.82, 2.24) is 10.7 Å². The lowest BCUT2D eigenvalue weighted by atomic mass is 10.2. The fourth-order valence-corrected chi connectivity index (χ4v) is 2.48. The Kier molecular flexibility index (Phi) is 6.25. The second-order valence-corrected chi connectivity index (χ2v) is 6.32. The Balaban J connectivity index is 1.51. The maximum Gasteiger partial charge on any atom is 0.250 e. The largest absolute Gasteiger partial charge is 0.457 e. The van der Waals surface area contributed by atoms with E-state index in [1.807, 2.05) is 48.5 Å². The topological polar surface area (TPSA) is 66.3 Å². The highest BCUT2D eigenvalue weighted by atomic mass is 35.5. The van der Waals surface area contributed by atoms with Crippen molar-refractivity contribution < 1.29 is 9.21 Å². The molecular weight excluding hydrogens is 382 g/mol. The van der Waals surface area contributed by atoms with Crippen LogP contribution in [-0.4, -0.2) is 11.0 Å². The molecule has 1 amide bonds. The predicted octanol–water partition coefficient (Wildman–Crippen LogP) is 4.63. The van der Waals surface area contributed by atoms with Gasteiger partial charge in [0.05, 0.1) is 5.69 Å². The van der Waals surface area contributed by atoms with Gasteiger partial charge in [0.25, 0.3) is 0 Å². The first-order valence-corrected chi connectivity index (χ1v) is 8.85. The summed E-state index contributed by atoms with van der Waals surface area (Å²) in [6.07, 6.45) is 2.92. The van der Waals surface area contributed by atoms with Gasteiger partial charge >= 0.3 is 0 Å². The number of halogens is 1. The Morgan fingerprint density at radius 1 is 1.00 bits per heavy atom. The van der Waals surface area contributed by atoms with E-state index in [2.05, 4.69) is 16.2 Å². The zero-order chi connectivity index (χ0) is 19.1. The van der Waals surface area contributed by atoms with Crippen LogP contribution in [0.1, 0.15) is 5.76 Å². The summed E-state index contributed by atoms with van der Waals surface area (Å²) in [7, 11) is 0. The molecule has 3 N–H and O–H groups in total. The molecule has 0 aliphatic carbocycles. The van der Waals surface area contributed by atoms with Crippen molar-refractivity contribution in [1.29, 1.82) is 0 Å². The Hall–Kier alpha value is -3.09. The third-order valence-electron chi connectivity index (χ3n) is 3.49. The van der Waals surface area contributed by atoms with E-state index in [0.717, 1.165) is 11.3 Å². The van der Waals surface area contributed by atoms with Crippen molar-refractivity contribution in [3.05, 3.63) is 83.6 Å². The van der Waals surface area contributed by atoms with Crippen molar-refractivity contribution in [2.45, 2.75) is 0 Å². The monoisotopic (exact) mass is 397 g/mol. The molecule has 3 rings (SSSR count). The van der Waals surface area contributed by atoms with E-state index in [9.17, 15) is 4.79 Å². The van der Waals surface area contributed by atoms with Crippen LogP contribution in [-0.2, 0) is 4.79 Å². The SMILES string of the molecule is O=C(C=Cc1ccc(-c2ccc(Cl)cc2)o1)NC(=S)NNc1ccccc1. The predicted molar refractivity (Wildman–Crippen MR) is 112 cm³/mol. The lowest BCUT2D eigenvalue weighted by molar-refractivity contribution is -0.115. The van der Waals surface area contributed by atoms with E-state index < -0.39 is 0 Å². The molecule has 136 valence electrons. The van der Waals surface area contributed by atoms with Crippen LogP contribution in [0, 0.1) is 0 Å². The molecule has 0 spiro atoms. The second-order valence-electron chi connectivity index (χ2n) is 5.48. The van der Waals surface area contributed by atoms with E-state index in [4.69, 9.17) is 28.2 Å². The van der Waals surface area contributed by atoms with E-state index in [-0.39, 0.29) is 11.0 Å². The van der Waals surface area contributed by atoms with Gasteiger partial charge in [-0.2, -0.15) is 0 Å². The maximum atomic E-state index is 11.9. The fourth-order valence-electron chi connectivity index (χ4n) is 2.20. The molecule has 5 nitrogen and oxygen atoms in total. The smallest absolute Gasteiger partial charge is 0.250 e. The molecule has 0 saturated carbocycles. The Morgan fingerprint density at radius 2 is 1.74 bits per heavy atom. The Bertz CT molecular complexity index is 953. The first kappa shape index (κ1) is 18.7. The number of nitrogens with one attached hydrogen (secondary N) is 3. The lowest BCUT2D eigenvalue weighted by Gasteiger charge is -2.10. The number of carbonyl (C=O) groups excluding carboxylic acids is 1. The zero-order valence-corrected chi connectivity index (χ0v) is 15.7. The number of carbonyl (C=O) groups is 1. The molecule has 27 heavy (non-hydrogen) atoms. The molecule has 2 aromatic carbocycles. The van der Waals surface area contributed by atoms with Gasteiger partial charge in [-0.1, -0.05) is 29.8 Å². The molecule has 7 heteroatoms. The van der Waals surface area contributed by atoms with Crippen LogP contribution in [0.2, 0.25) is 5.02 Å². The van der Waals surface area contributed by atoms with Gasteiger partial charge in [-0.15, -0.1) is 0 Å². The molecule has 0 fully saturated rings. The van der Waals surface area contributed by atoms with E-state index in [0.29, 0.717) is 16.5 Å². The number of para-hydroxylation sites is 1. The van der Waals surface area contributed by atoms with E-state index in [1.54, 1.807) is 24.3 Å². The number of benzene rings is 2. The maximum absolute atomic E-state index is 11.9. The summed E-state index contributed by atoms with van der Waals surface area (Å²) < 4.78 is 5.70. The minimum Gasteiger partial charge on any atom is -0.457 e. The highest BCUT2D eigenvalue weighted by Gasteiger charge is 2.04. The molecule has 1 aromatic heterocycles. The number of furan rings is 1. The van der Waals surface area contributed by atoms with Crippen molar-refractivity contribution >= 4 is 46.6 Å². The van der Waals surface area contributed by atoms with Gasteiger partial charge in [-0.05, 0) is 66.8 Å². The highest BCUT2D eigenvalue weighted by Crippen LogP contribution is 2.24. The number of anilines is 1. The molecule has 0 bridgehead atoms. The Morgan fingerprint density at radius 3 is 2.48 bits per heavy atom. The van der Waals surface area contributed by atoms with Gasteiger partial charge < -0.3 is 4.42 Å². The molecule has 0 aliphatic rings. The summed E-state index contributed by atoms with van der Waals surface area (Å²) in [5.74, 6) is 0.874. The third kappa shape index (κ3) is 5.70. The molecule has 3 aromatic rings. The van der Waals surface area contributed by atoms with Crippen LogP contribution >= 0.6 is 23.8 Å². The fraction of sp³-hybridized carbons (Fsp3) is 0. The average Bonchev–Trinajstić information content (AvgIpc) is 3.15. The first-order valence-electron chi connectivity index (χ1n) is 8.06. The van der Waals surface area contributed by atoms with Crippen molar-refractivity contribution in [3.8, 4) is 11.3 Å². The van der Waals surface area contributed by atoms with Crippen LogP contribution in [0.3, 0.4) is 0 Å². The third-order valence-corrected chi connectivity index (χ3v) is 3.94. The molecular formula is C20H16ClN3O2S. The van der Waals surface area contributed by atoms with Gasteiger partial charge in [0, 0.05) is 16.7 Å². The average molecular weight is 398 g/mol. The van der Waals surface area contributed by atoms with Crippen LogP contribution in [0.15, 0.2) is 77.2 Å². The molecule has 0 saturated heterocycles. The molecule has 0 atom stereocenters. The highest BCUT2D eigenvalue weighted by molar-refractivity contribution is 7.80. The summed E-state index contributed by atoms with van der Waals surface area (Å²) in [5.41, 5.74) is 7.36. The van der Waals surface area contributed by atoms with Gasteiger partial charge in [0.15, 0.2) is 5.11 Å². The summed E-state index contributed by atoms with van der Waals surface area (Å²) in [6.45, 7) is 0. The number of hydrazine groups is 1. The van der Waals surface area contributed by atoms with Gasteiger partial charge in [-0.3, -0.25) is 21.0 Å². The molecule has 1 heterocycles. The number of hydrogen-bond donors (Lipinski definition) is 3. The normalized spacial score (nSPS) is 10.6. The van der Waals surface area contributed by atoms with Crippen molar-refractivity contribution in [2.24, 2.45) is 0 Å². The summed E-state index contributed by atoms with van der Waals surface area (Å²) >= 11 is 10.9. The quantitative estimate of drug-likeness (QED) is 0.333. The van der Waals surface area contributed by atoms with Gasteiger partial charge in [-0.25, -0.2) is 0 Å². The minimum atomic E-state index is -0.369. The van der Waals surface area contributed by atoms with E-state index in [1.165, 1.54) is 6.08 Å². The van der Waals surface area contributed by atoms with Crippen LogP contribution in [0.5, 0.6) is 0 Å². The van der Waals surface area contributed by atoms with Crippen molar-refractivity contribution in [3.63, 3.8) is 0 Å².